The minimum Gasteiger partial charge on any atom is -0.449 e. The molecule has 1 atom stereocenters. The summed E-state index contributed by atoms with van der Waals surface area (Å²) in [7, 11) is 0. The van der Waals surface area contributed by atoms with Gasteiger partial charge in [-0.2, -0.15) is 0 Å². The zero-order chi connectivity index (χ0) is 17.3. The Balaban J connectivity index is 2.04. The quantitative estimate of drug-likeness (QED) is 0.782. The summed E-state index contributed by atoms with van der Waals surface area (Å²) in [5.41, 5.74) is 4.58. The molecular formula is C19H26N2O3. The number of nitrogens with one attached hydrogen (secondary N) is 1. The molecule has 1 heterocycles. The van der Waals surface area contributed by atoms with Gasteiger partial charge in [0.2, 0.25) is 5.88 Å². The number of carbonyl (C=O) groups is 1. The van der Waals surface area contributed by atoms with Gasteiger partial charge in [-0.1, -0.05) is 19.9 Å². The van der Waals surface area contributed by atoms with Gasteiger partial charge >= 0.3 is 6.16 Å². The summed E-state index contributed by atoms with van der Waals surface area (Å²) < 4.78 is 5.04. The molecule has 0 saturated heterocycles. The second kappa shape index (κ2) is 6.85. The maximum absolute atomic E-state index is 11.1. The van der Waals surface area contributed by atoms with Gasteiger partial charge < -0.3 is 14.8 Å². The Labute approximate surface area is 142 Å². The molecule has 2 aromatic rings. The number of nitrogens with zero attached hydrogens (tertiary/aromatic N) is 1. The highest BCUT2D eigenvalue weighted by molar-refractivity contribution is 5.91. The third kappa shape index (κ3) is 3.00. The van der Waals surface area contributed by atoms with Crippen molar-refractivity contribution in [2.75, 3.05) is 13.1 Å². The van der Waals surface area contributed by atoms with Crippen LogP contribution in [0.1, 0.15) is 43.4 Å². The Hall–Kier alpha value is -2.01. The molecule has 0 bridgehead atoms. The fourth-order valence-corrected chi connectivity index (χ4v) is 4.00. The van der Waals surface area contributed by atoms with Crippen LogP contribution in [0.2, 0.25) is 0 Å². The number of aromatic nitrogens is 1. The van der Waals surface area contributed by atoms with Gasteiger partial charge in [-0.3, -0.25) is 4.90 Å². The van der Waals surface area contributed by atoms with Crippen LogP contribution < -0.4 is 4.74 Å². The molecule has 0 aliphatic heterocycles. The lowest BCUT2D eigenvalue weighted by Crippen LogP contribution is -2.41. The molecular weight excluding hydrogens is 304 g/mol. The average Bonchev–Trinajstić information content (AvgIpc) is 2.88. The fraction of sp³-hybridized carbons (Fsp3) is 0.526. The molecule has 1 aromatic heterocycles. The monoisotopic (exact) mass is 330 g/mol. The van der Waals surface area contributed by atoms with Crippen LogP contribution in [0.15, 0.2) is 12.1 Å². The van der Waals surface area contributed by atoms with Crippen molar-refractivity contribution in [1.29, 1.82) is 0 Å². The highest BCUT2D eigenvalue weighted by Gasteiger charge is 2.30. The fourth-order valence-electron chi connectivity index (χ4n) is 4.00. The van der Waals surface area contributed by atoms with E-state index in [0.29, 0.717) is 11.9 Å². The molecule has 3 rings (SSSR count). The molecule has 1 aromatic carbocycles. The normalized spacial score (nSPS) is 16.8. The third-order valence-corrected chi connectivity index (χ3v) is 4.98. The SMILES string of the molecule is CCCN(CCC)C1Cc2c(C)ccc3[nH]c(OC(=O)O)c(c23)C1. The number of benzene rings is 1. The number of carboxylic acid groups (broad SMARTS) is 1. The maximum atomic E-state index is 11.1. The molecule has 1 aliphatic carbocycles. The van der Waals surface area contributed by atoms with Crippen LogP contribution in [0.25, 0.3) is 10.9 Å². The molecule has 5 nitrogen and oxygen atoms in total. The van der Waals surface area contributed by atoms with E-state index in [-0.39, 0.29) is 0 Å². The van der Waals surface area contributed by atoms with Gasteiger partial charge in [0.05, 0.1) is 0 Å². The van der Waals surface area contributed by atoms with Crippen molar-refractivity contribution < 1.29 is 14.6 Å². The smallest absolute Gasteiger partial charge is 0.449 e. The molecule has 2 N–H and O–H groups in total. The van der Waals surface area contributed by atoms with Gasteiger partial charge in [0.1, 0.15) is 0 Å². The minimum absolute atomic E-state index is 0.391. The second-order valence-electron chi connectivity index (χ2n) is 6.68. The topological polar surface area (TPSA) is 65.6 Å². The number of ether oxygens (including phenoxy) is 1. The van der Waals surface area contributed by atoms with Gasteiger partial charge in [0.25, 0.3) is 0 Å². The van der Waals surface area contributed by atoms with E-state index in [1.165, 1.54) is 11.1 Å². The van der Waals surface area contributed by atoms with Crippen LogP contribution in [0.5, 0.6) is 5.88 Å². The molecule has 0 saturated carbocycles. The predicted octanol–water partition coefficient (Wildman–Crippen LogP) is 4.12. The first-order valence-corrected chi connectivity index (χ1v) is 8.83. The minimum atomic E-state index is -1.27. The van der Waals surface area contributed by atoms with Crippen molar-refractivity contribution >= 4 is 17.1 Å². The second-order valence-corrected chi connectivity index (χ2v) is 6.68. The van der Waals surface area contributed by atoms with Crippen molar-refractivity contribution in [2.45, 2.75) is 52.5 Å². The molecule has 1 unspecified atom stereocenters. The summed E-state index contributed by atoms with van der Waals surface area (Å²) in [6.07, 6.45) is 2.83. The largest absolute Gasteiger partial charge is 0.512 e. The van der Waals surface area contributed by atoms with Crippen molar-refractivity contribution in [3.8, 4) is 5.88 Å². The van der Waals surface area contributed by atoms with Gasteiger partial charge in [0, 0.05) is 22.5 Å². The summed E-state index contributed by atoms with van der Waals surface area (Å²) in [4.78, 5) is 16.7. The summed E-state index contributed by atoms with van der Waals surface area (Å²) in [6, 6.07) is 4.52. The number of aryl methyl sites for hydroxylation is 1. The molecule has 24 heavy (non-hydrogen) atoms. The van der Waals surface area contributed by atoms with E-state index < -0.39 is 6.16 Å². The van der Waals surface area contributed by atoms with E-state index >= 15 is 0 Å². The Kier molecular flexibility index (Phi) is 4.81. The van der Waals surface area contributed by atoms with Crippen LogP contribution in [-0.4, -0.2) is 40.3 Å². The maximum Gasteiger partial charge on any atom is 0.512 e. The first-order valence-electron chi connectivity index (χ1n) is 8.83. The van der Waals surface area contributed by atoms with Gasteiger partial charge in [0.15, 0.2) is 0 Å². The Morgan fingerprint density at radius 1 is 1.25 bits per heavy atom. The number of hydrogen-bond acceptors (Lipinski definition) is 3. The standard InChI is InChI=1S/C19H26N2O3/c1-4-8-21(9-5-2)13-10-14-12(3)6-7-16-17(14)15(11-13)18(20-16)24-19(22)23/h6-7,13,20H,4-5,8-11H2,1-3H3,(H,22,23). The first kappa shape index (κ1) is 16.8. The van der Waals surface area contributed by atoms with Gasteiger partial charge in [-0.05, 0) is 62.9 Å². The van der Waals surface area contributed by atoms with E-state index in [9.17, 15) is 4.79 Å². The highest BCUT2D eigenvalue weighted by atomic mass is 16.7. The molecule has 5 heteroatoms. The number of aromatic amines is 1. The molecule has 1 aliphatic rings. The van der Waals surface area contributed by atoms with Crippen molar-refractivity contribution in [1.82, 2.24) is 9.88 Å². The van der Waals surface area contributed by atoms with Crippen LogP contribution in [0.4, 0.5) is 4.79 Å². The summed E-state index contributed by atoms with van der Waals surface area (Å²) >= 11 is 0. The molecule has 0 amide bonds. The van der Waals surface area contributed by atoms with E-state index in [1.807, 2.05) is 6.07 Å². The number of hydrogen-bond donors (Lipinski definition) is 2. The zero-order valence-electron chi connectivity index (χ0n) is 14.7. The van der Waals surface area contributed by atoms with Crippen LogP contribution >= 0.6 is 0 Å². The van der Waals surface area contributed by atoms with Crippen LogP contribution in [0, 0.1) is 6.92 Å². The summed E-state index contributed by atoms with van der Waals surface area (Å²) in [6.45, 7) is 8.69. The van der Waals surface area contributed by atoms with E-state index in [1.54, 1.807) is 0 Å². The van der Waals surface area contributed by atoms with Gasteiger partial charge in [-0.25, -0.2) is 4.79 Å². The van der Waals surface area contributed by atoms with Crippen molar-refractivity contribution in [2.24, 2.45) is 0 Å². The first-order chi connectivity index (χ1) is 11.5. The van der Waals surface area contributed by atoms with Crippen LogP contribution in [0.3, 0.4) is 0 Å². The molecule has 0 fully saturated rings. The van der Waals surface area contributed by atoms with Crippen molar-refractivity contribution in [3.63, 3.8) is 0 Å². The zero-order valence-corrected chi connectivity index (χ0v) is 14.7. The van der Waals surface area contributed by atoms with Crippen LogP contribution in [-0.2, 0) is 12.8 Å². The number of H-pyrrole nitrogens is 1. The number of rotatable bonds is 6. The lowest BCUT2D eigenvalue weighted by Gasteiger charge is -2.34. The van der Waals surface area contributed by atoms with E-state index in [0.717, 1.165) is 55.2 Å². The summed E-state index contributed by atoms with van der Waals surface area (Å²) in [5, 5.41) is 10.2. The Morgan fingerprint density at radius 3 is 2.54 bits per heavy atom. The lowest BCUT2D eigenvalue weighted by atomic mass is 9.85. The highest BCUT2D eigenvalue weighted by Crippen LogP contribution is 2.39. The summed E-state index contributed by atoms with van der Waals surface area (Å²) in [5.74, 6) is 0.391. The molecule has 130 valence electrons. The molecule has 0 spiro atoms. The lowest BCUT2D eigenvalue weighted by molar-refractivity contribution is 0.141. The third-order valence-electron chi connectivity index (χ3n) is 4.98. The van der Waals surface area contributed by atoms with Gasteiger partial charge in [-0.15, -0.1) is 0 Å². The van der Waals surface area contributed by atoms with E-state index in [2.05, 4.69) is 36.7 Å². The van der Waals surface area contributed by atoms with Crippen molar-refractivity contribution in [3.05, 3.63) is 28.8 Å². The molecule has 0 radical (unpaired) electrons. The average molecular weight is 330 g/mol. The predicted molar refractivity (Wildman–Crippen MR) is 95.0 cm³/mol. The Bertz CT molecular complexity index is 745. The van der Waals surface area contributed by atoms with E-state index in [4.69, 9.17) is 9.84 Å². The Morgan fingerprint density at radius 2 is 1.92 bits per heavy atom.